The molecule has 1 aromatic heterocycles. The van der Waals surface area contributed by atoms with E-state index in [2.05, 4.69) is 4.98 Å². The van der Waals surface area contributed by atoms with Gasteiger partial charge in [0.1, 0.15) is 11.8 Å². The second-order valence-electron chi connectivity index (χ2n) is 6.14. The standard InChI is InChI=1S/C17H21N3O3S/c1-12-7-8-14(10-16(12)19(3)4)24(21,22)20-11-13(2)23-17-15(20)6-5-9-18-17/h5-10,13H,11H2,1-4H3. The highest BCUT2D eigenvalue weighted by atomic mass is 32.2. The fourth-order valence-electron chi connectivity index (χ4n) is 2.81. The Morgan fingerprint density at radius 2 is 2.04 bits per heavy atom. The monoisotopic (exact) mass is 347 g/mol. The molecule has 7 heteroatoms. The number of fused-ring (bicyclic) bond motifs is 1. The van der Waals surface area contributed by atoms with Crippen LogP contribution in [0.15, 0.2) is 41.4 Å². The van der Waals surface area contributed by atoms with Crippen molar-refractivity contribution in [3.63, 3.8) is 0 Å². The third-order valence-electron chi connectivity index (χ3n) is 4.01. The number of aryl methyl sites for hydroxylation is 1. The molecule has 1 unspecified atom stereocenters. The van der Waals surface area contributed by atoms with Crippen LogP contribution in [0.2, 0.25) is 0 Å². The Labute approximate surface area is 142 Å². The molecule has 0 saturated carbocycles. The minimum Gasteiger partial charge on any atom is -0.471 e. The highest BCUT2D eigenvalue weighted by Gasteiger charge is 2.33. The predicted molar refractivity (Wildman–Crippen MR) is 94.4 cm³/mol. The Kier molecular flexibility index (Phi) is 4.13. The van der Waals surface area contributed by atoms with Gasteiger partial charge in [0.05, 0.1) is 11.4 Å². The molecule has 1 aromatic carbocycles. The molecule has 3 rings (SSSR count). The van der Waals surface area contributed by atoms with E-state index in [0.29, 0.717) is 11.6 Å². The third-order valence-corrected chi connectivity index (χ3v) is 5.78. The predicted octanol–water partition coefficient (Wildman–Crippen LogP) is 2.43. The van der Waals surface area contributed by atoms with E-state index >= 15 is 0 Å². The lowest BCUT2D eigenvalue weighted by molar-refractivity contribution is 0.210. The van der Waals surface area contributed by atoms with Crippen molar-refractivity contribution in [1.82, 2.24) is 4.98 Å². The van der Waals surface area contributed by atoms with Crippen LogP contribution in [0.5, 0.6) is 5.88 Å². The summed E-state index contributed by atoms with van der Waals surface area (Å²) < 4.78 is 33.4. The highest BCUT2D eigenvalue weighted by Crippen LogP contribution is 2.35. The topological polar surface area (TPSA) is 62.7 Å². The number of aromatic nitrogens is 1. The number of hydrogen-bond donors (Lipinski definition) is 0. The first-order chi connectivity index (χ1) is 11.3. The number of benzene rings is 1. The van der Waals surface area contributed by atoms with Crippen LogP contribution in [0.4, 0.5) is 11.4 Å². The third kappa shape index (κ3) is 2.80. The van der Waals surface area contributed by atoms with Crippen LogP contribution >= 0.6 is 0 Å². The SMILES string of the molecule is Cc1ccc(S(=O)(=O)N2CC(C)Oc3ncccc32)cc1N(C)C. The number of rotatable bonds is 3. The molecule has 6 nitrogen and oxygen atoms in total. The van der Waals surface area contributed by atoms with Gasteiger partial charge in [0.15, 0.2) is 0 Å². The summed E-state index contributed by atoms with van der Waals surface area (Å²) in [5.74, 6) is 0.347. The van der Waals surface area contributed by atoms with Gasteiger partial charge < -0.3 is 9.64 Å². The minimum absolute atomic E-state index is 0.256. The normalized spacial score (nSPS) is 17.2. The molecule has 0 spiro atoms. The molecule has 0 fully saturated rings. The Morgan fingerprint density at radius 3 is 2.75 bits per heavy atom. The molecule has 0 N–H and O–H groups in total. The van der Waals surface area contributed by atoms with Crippen LogP contribution in [0, 0.1) is 6.92 Å². The van der Waals surface area contributed by atoms with Crippen LogP contribution in [-0.2, 0) is 10.0 Å². The molecule has 0 amide bonds. The molecule has 128 valence electrons. The summed E-state index contributed by atoms with van der Waals surface area (Å²) >= 11 is 0. The first-order valence-electron chi connectivity index (χ1n) is 7.73. The summed E-state index contributed by atoms with van der Waals surface area (Å²) in [6.07, 6.45) is 1.33. The lowest BCUT2D eigenvalue weighted by atomic mass is 10.2. The minimum atomic E-state index is -3.69. The van der Waals surface area contributed by atoms with E-state index in [9.17, 15) is 8.42 Å². The Morgan fingerprint density at radius 1 is 1.29 bits per heavy atom. The van der Waals surface area contributed by atoms with Gasteiger partial charge >= 0.3 is 0 Å². The molecule has 0 saturated heterocycles. The van der Waals surface area contributed by atoms with Gasteiger partial charge in [0, 0.05) is 26.0 Å². The van der Waals surface area contributed by atoms with Crippen molar-refractivity contribution < 1.29 is 13.2 Å². The van der Waals surface area contributed by atoms with E-state index in [0.717, 1.165) is 11.3 Å². The molecule has 1 aliphatic heterocycles. The summed E-state index contributed by atoms with van der Waals surface area (Å²) in [7, 11) is 0.101. The molecular formula is C17H21N3O3S. The van der Waals surface area contributed by atoms with Gasteiger partial charge in [0.2, 0.25) is 5.88 Å². The van der Waals surface area contributed by atoms with Crippen molar-refractivity contribution in [1.29, 1.82) is 0 Å². The number of pyridine rings is 1. The quantitative estimate of drug-likeness (QED) is 0.853. The van der Waals surface area contributed by atoms with E-state index in [-0.39, 0.29) is 17.5 Å². The van der Waals surface area contributed by atoms with E-state index in [1.165, 1.54) is 4.31 Å². The molecule has 0 bridgehead atoms. The van der Waals surface area contributed by atoms with Crippen molar-refractivity contribution in [2.45, 2.75) is 24.8 Å². The van der Waals surface area contributed by atoms with Crippen LogP contribution in [0.1, 0.15) is 12.5 Å². The van der Waals surface area contributed by atoms with E-state index in [1.54, 1.807) is 30.5 Å². The Bertz CT molecular complexity index is 865. The van der Waals surface area contributed by atoms with Crippen molar-refractivity contribution in [3.05, 3.63) is 42.1 Å². The summed E-state index contributed by atoms with van der Waals surface area (Å²) in [4.78, 5) is 6.32. The first kappa shape index (κ1) is 16.6. The zero-order valence-corrected chi connectivity index (χ0v) is 15.0. The summed E-state index contributed by atoms with van der Waals surface area (Å²) in [5.41, 5.74) is 2.38. The van der Waals surface area contributed by atoms with Crippen molar-refractivity contribution in [3.8, 4) is 5.88 Å². The maximum atomic E-state index is 13.2. The lowest BCUT2D eigenvalue weighted by Gasteiger charge is -2.33. The largest absolute Gasteiger partial charge is 0.471 e. The zero-order valence-electron chi connectivity index (χ0n) is 14.2. The van der Waals surface area contributed by atoms with Crippen LogP contribution in [0.3, 0.4) is 0 Å². The van der Waals surface area contributed by atoms with Crippen LogP contribution in [0.25, 0.3) is 0 Å². The lowest BCUT2D eigenvalue weighted by Crippen LogP contribution is -2.42. The van der Waals surface area contributed by atoms with Gasteiger partial charge in [-0.15, -0.1) is 0 Å². The molecule has 1 atom stereocenters. The summed E-state index contributed by atoms with van der Waals surface area (Å²) in [6, 6.07) is 8.61. The van der Waals surface area contributed by atoms with Crippen molar-refractivity contribution in [2.24, 2.45) is 0 Å². The average Bonchev–Trinajstić information content (AvgIpc) is 2.53. The Balaban J connectivity index is 2.10. The summed E-state index contributed by atoms with van der Waals surface area (Å²) in [6.45, 7) is 4.05. The molecule has 2 aromatic rings. The van der Waals surface area contributed by atoms with Crippen molar-refractivity contribution >= 4 is 21.4 Å². The average molecular weight is 347 g/mol. The van der Waals surface area contributed by atoms with Gasteiger partial charge in [-0.25, -0.2) is 13.4 Å². The smallest absolute Gasteiger partial charge is 0.264 e. The highest BCUT2D eigenvalue weighted by molar-refractivity contribution is 7.92. The van der Waals surface area contributed by atoms with Gasteiger partial charge in [-0.1, -0.05) is 6.07 Å². The van der Waals surface area contributed by atoms with Gasteiger partial charge in [-0.05, 0) is 43.7 Å². The number of hydrogen-bond acceptors (Lipinski definition) is 5. The maximum Gasteiger partial charge on any atom is 0.264 e. The zero-order chi connectivity index (χ0) is 17.5. The van der Waals surface area contributed by atoms with E-state index < -0.39 is 10.0 Å². The molecule has 0 radical (unpaired) electrons. The Hall–Kier alpha value is -2.28. The fourth-order valence-corrected chi connectivity index (χ4v) is 4.37. The molecule has 2 heterocycles. The van der Waals surface area contributed by atoms with E-state index in [1.807, 2.05) is 38.9 Å². The fraction of sp³-hybridized carbons (Fsp3) is 0.353. The maximum absolute atomic E-state index is 13.2. The summed E-state index contributed by atoms with van der Waals surface area (Å²) in [5, 5.41) is 0. The van der Waals surface area contributed by atoms with Crippen LogP contribution in [-0.4, -0.2) is 40.1 Å². The molecular weight excluding hydrogens is 326 g/mol. The molecule has 24 heavy (non-hydrogen) atoms. The van der Waals surface area contributed by atoms with Gasteiger partial charge in [-0.3, -0.25) is 4.31 Å². The number of ether oxygens (including phenoxy) is 1. The molecule has 1 aliphatic rings. The number of nitrogens with zero attached hydrogens (tertiary/aromatic N) is 3. The van der Waals surface area contributed by atoms with Gasteiger partial charge in [-0.2, -0.15) is 0 Å². The number of sulfonamides is 1. The first-order valence-corrected chi connectivity index (χ1v) is 9.17. The van der Waals surface area contributed by atoms with Gasteiger partial charge in [0.25, 0.3) is 10.0 Å². The van der Waals surface area contributed by atoms with E-state index in [4.69, 9.17) is 4.74 Å². The van der Waals surface area contributed by atoms with Crippen LogP contribution < -0.4 is 13.9 Å². The second kappa shape index (κ2) is 5.98. The number of anilines is 2. The van der Waals surface area contributed by atoms with Crippen molar-refractivity contribution in [2.75, 3.05) is 29.8 Å². The second-order valence-corrected chi connectivity index (χ2v) is 8.00. The molecule has 0 aliphatic carbocycles.